The summed E-state index contributed by atoms with van der Waals surface area (Å²) in [6.45, 7) is 7.30. The first-order valence-electron chi connectivity index (χ1n) is 10.5. The maximum absolute atomic E-state index is 13.0. The van der Waals surface area contributed by atoms with Gasteiger partial charge < -0.3 is 14.2 Å². The second-order valence-electron chi connectivity index (χ2n) is 7.49. The van der Waals surface area contributed by atoms with Gasteiger partial charge in [-0.15, -0.1) is 0 Å². The number of carbonyl (C=O) groups is 2. The standard InChI is InChI=1S/C25H25N3O5/c1-5-31-23-13-19(8-11-22(23)32-15-24(29)33-16(2)3)12-21-17(4)27-28(25(21)30)20-9-6-18(14-26)7-10-20/h6-13,16H,5,15H2,1-4H3. The average Bonchev–Trinajstić information content (AvgIpc) is 3.06. The van der Waals surface area contributed by atoms with Crippen molar-refractivity contribution in [1.29, 1.82) is 5.26 Å². The van der Waals surface area contributed by atoms with Gasteiger partial charge in [-0.1, -0.05) is 6.07 Å². The van der Waals surface area contributed by atoms with Gasteiger partial charge in [0.15, 0.2) is 18.1 Å². The van der Waals surface area contributed by atoms with Gasteiger partial charge in [0.05, 0.1) is 41.3 Å². The third-order valence-electron chi connectivity index (χ3n) is 4.59. The summed E-state index contributed by atoms with van der Waals surface area (Å²) in [5.41, 5.74) is 2.81. The fraction of sp³-hybridized carbons (Fsp3) is 0.280. The van der Waals surface area contributed by atoms with Gasteiger partial charge in [-0.3, -0.25) is 4.79 Å². The highest BCUT2D eigenvalue weighted by Crippen LogP contribution is 2.31. The number of nitrogens with zero attached hydrogens (tertiary/aromatic N) is 3. The number of hydrogen-bond donors (Lipinski definition) is 0. The van der Waals surface area contributed by atoms with Crippen molar-refractivity contribution in [2.24, 2.45) is 5.10 Å². The number of rotatable bonds is 8. The molecule has 170 valence electrons. The van der Waals surface area contributed by atoms with Crippen LogP contribution in [0.5, 0.6) is 11.5 Å². The van der Waals surface area contributed by atoms with E-state index in [1.165, 1.54) is 5.01 Å². The van der Waals surface area contributed by atoms with E-state index >= 15 is 0 Å². The average molecular weight is 447 g/mol. The molecule has 0 bridgehead atoms. The zero-order valence-corrected chi connectivity index (χ0v) is 19.0. The van der Waals surface area contributed by atoms with Crippen LogP contribution in [0.15, 0.2) is 53.1 Å². The fourth-order valence-corrected chi connectivity index (χ4v) is 3.14. The molecule has 0 unspecified atom stereocenters. The van der Waals surface area contributed by atoms with Crippen molar-refractivity contribution in [3.8, 4) is 17.6 Å². The number of nitriles is 1. The Morgan fingerprint density at radius 3 is 2.52 bits per heavy atom. The van der Waals surface area contributed by atoms with Crippen molar-refractivity contribution in [2.45, 2.75) is 33.8 Å². The molecule has 8 nitrogen and oxygen atoms in total. The minimum absolute atomic E-state index is 0.223. The highest BCUT2D eigenvalue weighted by molar-refractivity contribution is 6.32. The van der Waals surface area contributed by atoms with Crippen molar-refractivity contribution in [2.75, 3.05) is 18.2 Å². The van der Waals surface area contributed by atoms with E-state index < -0.39 is 5.97 Å². The molecule has 1 aliphatic heterocycles. The van der Waals surface area contributed by atoms with Crippen LogP contribution in [0.4, 0.5) is 5.69 Å². The van der Waals surface area contributed by atoms with Gasteiger partial charge in [0, 0.05) is 0 Å². The number of hydrogen-bond acceptors (Lipinski definition) is 7. The number of carbonyl (C=O) groups excluding carboxylic acids is 2. The SMILES string of the molecule is CCOc1cc(C=C2C(=O)N(c3ccc(C#N)cc3)N=C2C)ccc1OCC(=O)OC(C)C. The minimum Gasteiger partial charge on any atom is -0.490 e. The first-order chi connectivity index (χ1) is 15.8. The van der Waals surface area contributed by atoms with E-state index in [0.717, 1.165) is 5.56 Å². The van der Waals surface area contributed by atoms with E-state index in [-0.39, 0.29) is 18.6 Å². The second-order valence-corrected chi connectivity index (χ2v) is 7.49. The van der Waals surface area contributed by atoms with E-state index in [1.807, 2.05) is 6.92 Å². The van der Waals surface area contributed by atoms with Crippen LogP contribution >= 0.6 is 0 Å². The van der Waals surface area contributed by atoms with Crippen LogP contribution in [-0.2, 0) is 14.3 Å². The minimum atomic E-state index is -0.468. The smallest absolute Gasteiger partial charge is 0.344 e. The zero-order valence-electron chi connectivity index (χ0n) is 19.0. The van der Waals surface area contributed by atoms with Crippen molar-refractivity contribution in [3.05, 3.63) is 59.2 Å². The molecule has 8 heteroatoms. The Hall–Kier alpha value is -4.12. The summed E-state index contributed by atoms with van der Waals surface area (Å²) in [6, 6.07) is 13.9. The lowest BCUT2D eigenvalue weighted by molar-refractivity contribution is -0.149. The van der Waals surface area contributed by atoms with E-state index in [4.69, 9.17) is 19.5 Å². The molecule has 2 aromatic rings. The van der Waals surface area contributed by atoms with E-state index in [0.29, 0.717) is 40.6 Å². The highest BCUT2D eigenvalue weighted by Gasteiger charge is 2.28. The maximum atomic E-state index is 13.0. The van der Waals surface area contributed by atoms with Crippen LogP contribution in [0.1, 0.15) is 38.8 Å². The number of esters is 1. The summed E-state index contributed by atoms with van der Waals surface area (Å²) in [5, 5.41) is 14.6. The molecule has 0 saturated carbocycles. The van der Waals surface area contributed by atoms with Crippen LogP contribution in [-0.4, -0.2) is 36.9 Å². The van der Waals surface area contributed by atoms with Crippen LogP contribution in [0.3, 0.4) is 0 Å². The highest BCUT2D eigenvalue weighted by atomic mass is 16.6. The Bertz CT molecular complexity index is 1140. The predicted octanol–water partition coefficient (Wildman–Crippen LogP) is 4.09. The summed E-state index contributed by atoms with van der Waals surface area (Å²) < 4.78 is 16.3. The lowest BCUT2D eigenvalue weighted by Gasteiger charge is -2.13. The molecule has 0 atom stereocenters. The molecule has 0 spiro atoms. The Morgan fingerprint density at radius 2 is 1.88 bits per heavy atom. The quantitative estimate of drug-likeness (QED) is 0.446. The number of benzene rings is 2. The molecule has 0 N–H and O–H groups in total. The molecule has 0 radical (unpaired) electrons. The first kappa shape index (κ1) is 23.5. The largest absolute Gasteiger partial charge is 0.490 e. The predicted molar refractivity (Wildman–Crippen MR) is 124 cm³/mol. The van der Waals surface area contributed by atoms with Gasteiger partial charge in [-0.05, 0) is 75.7 Å². The summed E-state index contributed by atoms with van der Waals surface area (Å²) in [7, 11) is 0. The molecule has 3 rings (SSSR count). The second kappa shape index (κ2) is 10.5. The molecule has 0 saturated heterocycles. The van der Waals surface area contributed by atoms with Gasteiger partial charge in [0.2, 0.25) is 0 Å². The van der Waals surface area contributed by atoms with Gasteiger partial charge in [-0.2, -0.15) is 15.4 Å². The molecular weight excluding hydrogens is 422 g/mol. The molecule has 0 aromatic heterocycles. The molecule has 1 aliphatic rings. The Balaban J connectivity index is 1.81. The molecular formula is C25H25N3O5. The van der Waals surface area contributed by atoms with E-state index in [2.05, 4.69) is 11.2 Å². The number of ether oxygens (including phenoxy) is 3. The third-order valence-corrected chi connectivity index (χ3v) is 4.59. The third kappa shape index (κ3) is 5.77. The van der Waals surface area contributed by atoms with Crippen molar-refractivity contribution in [3.63, 3.8) is 0 Å². The normalized spacial score (nSPS) is 14.3. The Kier molecular flexibility index (Phi) is 7.46. The van der Waals surface area contributed by atoms with Gasteiger partial charge in [0.25, 0.3) is 5.91 Å². The summed E-state index contributed by atoms with van der Waals surface area (Å²) >= 11 is 0. The zero-order chi connectivity index (χ0) is 24.0. The molecule has 1 heterocycles. The molecule has 1 amide bonds. The Labute approximate surface area is 192 Å². The van der Waals surface area contributed by atoms with Gasteiger partial charge >= 0.3 is 5.97 Å². The number of hydrazone groups is 1. The number of anilines is 1. The van der Waals surface area contributed by atoms with Crippen molar-refractivity contribution in [1.82, 2.24) is 0 Å². The fourth-order valence-electron chi connectivity index (χ4n) is 3.14. The van der Waals surface area contributed by atoms with Crippen LogP contribution in [0, 0.1) is 11.3 Å². The molecule has 0 aliphatic carbocycles. The lowest BCUT2D eigenvalue weighted by Crippen LogP contribution is -2.21. The van der Waals surface area contributed by atoms with Crippen LogP contribution in [0.2, 0.25) is 0 Å². The molecule has 33 heavy (non-hydrogen) atoms. The topological polar surface area (TPSA) is 101 Å². The van der Waals surface area contributed by atoms with E-state index in [1.54, 1.807) is 69.3 Å². The van der Waals surface area contributed by atoms with Gasteiger partial charge in [0.1, 0.15) is 0 Å². The summed E-state index contributed by atoms with van der Waals surface area (Å²) in [4.78, 5) is 24.8. The summed E-state index contributed by atoms with van der Waals surface area (Å²) in [6.07, 6.45) is 1.50. The monoisotopic (exact) mass is 447 g/mol. The number of amides is 1. The molecule has 0 fully saturated rings. The summed E-state index contributed by atoms with van der Waals surface area (Å²) in [5.74, 6) is 0.118. The van der Waals surface area contributed by atoms with Crippen molar-refractivity contribution < 1.29 is 23.8 Å². The Morgan fingerprint density at radius 1 is 1.15 bits per heavy atom. The van der Waals surface area contributed by atoms with Crippen LogP contribution < -0.4 is 14.5 Å². The van der Waals surface area contributed by atoms with Crippen molar-refractivity contribution >= 4 is 29.4 Å². The van der Waals surface area contributed by atoms with Gasteiger partial charge in [-0.25, -0.2) is 4.79 Å². The first-order valence-corrected chi connectivity index (χ1v) is 10.5. The molecule has 2 aromatic carbocycles. The van der Waals surface area contributed by atoms with E-state index in [9.17, 15) is 9.59 Å². The lowest BCUT2D eigenvalue weighted by atomic mass is 10.1. The van der Waals surface area contributed by atoms with Crippen LogP contribution in [0.25, 0.3) is 6.08 Å². The maximum Gasteiger partial charge on any atom is 0.344 e.